The number of anilines is 1. The summed E-state index contributed by atoms with van der Waals surface area (Å²) in [5.74, 6) is 0. The summed E-state index contributed by atoms with van der Waals surface area (Å²) >= 11 is 3.46. The molecule has 0 aromatic carbocycles. The summed E-state index contributed by atoms with van der Waals surface area (Å²) in [6.45, 7) is 7.15. The van der Waals surface area contributed by atoms with E-state index in [-0.39, 0.29) is 0 Å². The average molecular weight is 273 g/mol. The molecule has 0 atom stereocenters. The van der Waals surface area contributed by atoms with Crippen molar-refractivity contribution in [2.24, 2.45) is 0 Å². The molecule has 0 unspecified atom stereocenters. The van der Waals surface area contributed by atoms with Crippen molar-refractivity contribution in [2.75, 3.05) is 18.0 Å². The minimum absolute atomic E-state index is 0.603. The second kappa shape index (κ2) is 4.94. The molecule has 0 bridgehead atoms. The summed E-state index contributed by atoms with van der Waals surface area (Å²) in [6.07, 6.45) is 3.52. The molecule has 3 nitrogen and oxygen atoms in total. The lowest BCUT2D eigenvalue weighted by Gasteiger charge is -2.30. The maximum absolute atomic E-state index is 9.80. The molecule has 1 aromatic heterocycles. The van der Waals surface area contributed by atoms with Crippen molar-refractivity contribution in [1.29, 1.82) is 0 Å². The standard InChI is InChI=1S/C11H17BrN2O/c1-4-14(8-11(2,3)15)10-5-6-13-7-9(10)12/h5-7,15H,4,8H2,1-3H3. The Bertz CT molecular complexity index is 323. The summed E-state index contributed by atoms with van der Waals surface area (Å²) in [6, 6.07) is 1.94. The van der Waals surface area contributed by atoms with Crippen LogP contribution in [-0.4, -0.2) is 28.8 Å². The van der Waals surface area contributed by atoms with E-state index in [2.05, 4.69) is 32.7 Å². The number of nitrogens with zero attached hydrogens (tertiary/aromatic N) is 2. The number of hydrogen-bond acceptors (Lipinski definition) is 3. The van der Waals surface area contributed by atoms with E-state index in [0.29, 0.717) is 6.54 Å². The Morgan fingerprint density at radius 2 is 2.20 bits per heavy atom. The largest absolute Gasteiger partial charge is 0.389 e. The molecule has 1 aromatic rings. The molecule has 4 heteroatoms. The van der Waals surface area contributed by atoms with E-state index < -0.39 is 5.60 Å². The van der Waals surface area contributed by atoms with Crippen LogP contribution in [0.15, 0.2) is 22.9 Å². The third-order valence-electron chi connectivity index (χ3n) is 2.05. The smallest absolute Gasteiger partial charge is 0.0765 e. The van der Waals surface area contributed by atoms with Gasteiger partial charge in [-0.15, -0.1) is 0 Å². The van der Waals surface area contributed by atoms with Gasteiger partial charge in [-0.05, 0) is 42.8 Å². The monoisotopic (exact) mass is 272 g/mol. The molecule has 15 heavy (non-hydrogen) atoms. The van der Waals surface area contributed by atoms with Gasteiger partial charge in [-0.1, -0.05) is 0 Å². The van der Waals surface area contributed by atoms with Crippen molar-refractivity contribution >= 4 is 21.6 Å². The lowest BCUT2D eigenvalue weighted by Crippen LogP contribution is -2.38. The van der Waals surface area contributed by atoms with Crippen molar-refractivity contribution in [1.82, 2.24) is 4.98 Å². The van der Waals surface area contributed by atoms with E-state index in [1.807, 2.05) is 19.9 Å². The quantitative estimate of drug-likeness (QED) is 0.915. The van der Waals surface area contributed by atoms with Crippen LogP contribution in [0.25, 0.3) is 0 Å². The van der Waals surface area contributed by atoms with Gasteiger partial charge in [0.15, 0.2) is 0 Å². The average Bonchev–Trinajstić information content (AvgIpc) is 2.14. The number of aliphatic hydroxyl groups is 1. The molecular weight excluding hydrogens is 256 g/mol. The minimum atomic E-state index is -0.696. The predicted molar refractivity (Wildman–Crippen MR) is 66.1 cm³/mol. The first kappa shape index (κ1) is 12.5. The minimum Gasteiger partial charge on any atom is -0.389 e. The van der Waals surface area contributed by atoms with Crippen molar-refractivity contribution in [3.05, 3.63) is 22.9 Å². The molecule has 0 aliphatic heterocycles. The van der Waals surface area contributed by atoms with Crippen LogP contribution in [0.3, 0.4) is 0 Å². The molecule has 0 fully saturated rings. The second-order valence-corrected chi connectivity index (χ2v) is 5.01. The number of hydrogen-bond donors (Lipinski definition) is 1. The molecule has 1 rings (SSSR count). The molecular formula is C11H17BrN2O. The van der Waals surface area contributed by atoms with E-state index >= 15 is 0 Å². The highest BCUT2D eigenvalue weighted by Gasteiger charge is 2.18. The second-order valence-electron chi connectivity index (χ2n) is 4.15. The normalized spacial score (nSPS) is 11.5. The lowest BCUT2D eigenvalue weighted by molar-refractivity contribution is 0.0875. The fourth-order valence-corrected chi connectivity index (χ4v) is 1.96. The number of likely N-dealkylation sites (N-methyl/N-ethyl adjacent to an activating group) is 1. The van der Waals surface area contributed by atoms with Gasteiger partial charge in [0.25, 0.3) is 0 Å². The van der Waals surface area contributed by atoms with Crippen LogP contribution in [0.5, 0.6) is 0 Å². The van der Waals surface area contributed by atoms with Gasteiger partial charge < -0.3 is 10.0 Å². The van der Waals surface area contributed by atoms with E-state index in [4.69, 9.17) is 0 Å². The van der Waals surface area contributed by atoms with Gasteiger partial charge in [0.2, 0.25) is 0 Å². The summed E-state index contributed by atoms with van der Waals surface area (Å²) in [4.78, 5) is 6.14. The summed E-state index contributed by atoms with van der Waals surface area (Å²) in [7, 11) is 0. The summed E-state index contributed by atoms with van der Waals surface area (Å²) < 4.78 is 0.955. The first-order valence-electron chi connectivity index (χ1n) is 5.01. The Balaban J connectivity index is 2.88. The van der Waals surface area contributed by atoms with Crippen LogP contribution in [0, 0.1) is 0 Å². The van der Waals surface area contributed by atoms with Gasteiger partial charge in [0.05, 0.1) is 15.8 Å². The zero-order valence-corrected chi connectivity index (χ0v) is 11.0. The van der Waals surface area contributed by atoms with Crippen LogP contribution < -0.4 is 4.90 Å². The van der Waals surface area contributed by atoms with E-state index in [0.717, 1.165) is 16.7 Å². The zero-order valence-electron chi connectivity index (χ0n) is 9.37. The Labute approximate surface area is 99.3 Å². The highest BCUT2D eigenvalue weighted by molar-refractivity contribution is 9.10. The maximum Gasteiger partial charge on any atom is 0.0765 e. The Morgan fingerprint density at radius 1 is 1.53 bits per heavy atom. The van der Waals surface area contributed by atoms with Crippen LogP contribution >= 0.6 is 15.9 Å². The third kappa shape index (κ3) is 3.80. The first-order chi connectivity index (χ1) is 6.94. The van der Waals surface area contributed by atoms with Crippen LogP contribution in [0.2, 0.25) is 0 Å². The molecule has 0 saturated carbocycles. The Hall–Kier alpha value is -0.610. The number of halogens is 1. The SMILES string of the molecule is CCN(CC(C)(C)O)c1ccncc1Br. The summed E-state index contributed by atoms with van der Waals surface area (Å²) in [5.41, 5.74) is 0.369. The number of pyridine rings is 1. The van der Waals surface area contributed by atoms with Crippen LogP contribution in [0.4, 0.5) is 5.69 Å². The van der Waals surface area contributed by atoms with Crippen LogP contribution in [-0.2, 0) is 0 Å². The number of aromatic nitrogens is 1. The third-order valence-corrected chi connectivity index (χ3v) is 2.66. The molecule has 0 saturated heterocycles. The molecule has 84 valence electrons. The van der Waals surface area contributed by atoms with Crippen molar-refractivity contribution in [2.45, 2.75) is 26.4 Å². The highest BCUT2D eigenvalue weighted by Crippen LogP contribution is 2.25. The molecule has 0 amide bonds. The van der Waals surface area contributed by atoms with Gasteiger partial charge in [0.1, 0.15) is 0 Å². The molecule has 1 heterocycles. The topological polar surface area (TPSA) is 36.4 Å². The first-order valence-corrected chi connectivity index (χ1v) is 5.80. The van der Waals surface area contributed by atoms with E-state index in [9.17, 15) is 5.11 Å². The van der Waals surface area contributed by atoms with Gasteiger partial charge in [0, 0.05) is 25.5 Å². The van der Waals surface area contributed by atoms with Gasteiger partial charge >= 0.3 is 0 Å². The molecule has 1 N–H and O–H groups in total. The molecule has 0 spiro atoms. The lowest BCUT2D eigenvalue weighted by atomic mass is 10.1. The van der Waals surface area contributed by atoms with Crippen LogP contribution in [0.1, 0.15) is 20.8 Å². The zero-order chi connectivity index (χ0) is 11.5. The van der Waals surface area contributed by atoms with Crippen molar-refractivity contribution in [3.63, 3.8) is 0 Å². The predicted octanol–water partition coefficient (Wildman–Crippen LogP) is 2.44. The Kier molecular flexibility index (Phi) is 4.11. The fourth-order valence-electron chi connectivity index (χ4n) is 1.46. The molecule has 0 aliphatic carbocycles. The van der Waals surface area contributed by atoms with E-state index in [1.165, 1.54) is 0 Å². The van der Waals surface area contributed by atoms with Gasteiger partial charge in [-0.25, -0.2) is 0 Å². The molecule has 0 radical (unpaired) electrons. The maximum atomic E-state index is 9.80. The molecule has 0 aliphatic rings. The number of rotatable bonds is 4. The van der Waals surface area contributed by atoms with Crippen molar-refractivity contribution in [3.8, 4) is 0 Å². The van der Waals surface area contributed by atoms with Crippen molar-refractivity contribution < 1.29 is 5.11 Å². The highest BCUT2D eigenvalue weighted by atomic mass is 79.9. The fraction of sp³-hybridized carbons (Fsp3) is 0.545. The van der Waals surface area contributed by atoms with Gasteiger partial charge in [-0.3, -0.25) is 4.98 Å². The van der Waals surface area contributed by atoms with E-state index in [1.54, 1.807) is 12.4 Å². The van der Waals surface area contributed by atoms with Gasteiger partial charge in [-0.2, -0.15) is 0 Å². The summed E-state index contributed by atoms with van der Waals surface area (Å²) in [5, 5.41) is 9.80. The Morgan fingerprint density at radius 3 is 2.67 bits per heavy atom.